The predicted molar refractivity (Wildman–Crippen MR) is 73.4 cm³/mol. The first-order valence-corrected chi connectivity index (χ1v) is 7.56. The van der Waals surface area contributed by atoms with Crippen molar-refractivity contribution in [2.45, 2.75) is 70.1 Å². The fraction of sp³-hybridized carbons (Fsp3) is 0.929. The van der Waals surface area contributed by atoms with Crippen molar-refractivity contribution in [3.63, 3.8) is 0 Å². The van der Waals surface area contributed by atoms with Gasteiger partial charge in [0.2, 0.25) is 5.91 Å². The molecule has 1 aliphatic rings. The van der Waals surface area contributed by atoms with E-state index >= 15 is 0 Å². The molecule has 0 aromatic heterocycles. The molecule has 17 heavy (non-hydrogen) atoms. The maximum absolute atomic E-state index is 11.6. The summed E-state index contributed by atoms with van der Waals surface area (Å²) in [5, 5.41) is 3.43. The molecule has 1 amide bonds. The number of rotatable bonds is 7. The summed E-state index contributed by atoms with van der Waals surface area (Å²) in [5.41, 5.74) is 0. The van der Waals surface area contributed by atoms with Gasteiger partial charge in [0.05, 0.1) is 0 Å². The fourth-order valence-corrected chi connectivity index (χ4v) is 2.64. The molecule has 0 spiro atoms. The monoisotopic (exact) mass is 259 g/mol. The van der Waals surface area contributed by atoms with Gasteiger partial charge in [-0.15, -0.1) is 11.6 Å². The third-order valence-electron chi connectivity index (χ3n) is 3.62. The molecule has 0 radical (unpaired) electrons. The van der Waals surface area contributed by atoms with Gasteiger partial charge in [0.15, 0.2) is 0 Å². The maximum Gasteiger partial charge on any atom is 0.220 e. The van der Waals surface area contributed by atoms with Crippen molar-refractivity contribution in [3.8, 4) is 0 Å². The molecule has 0 unspecified atom stereocenters. The van der Waals surface area contributed by atoms with E-state index in [1.165, 1.54) is 32.1 Å². The first-order chi connectivity index (χ1) is 8.22. The van der Waals surface area contributed by atoms with E-state index < -0.39 is 0 Å². The van der Waals surface area contributed by atoms with Crippen molar-refractivity contribution in [3.05, 3.63) is 0 Å². The summed E-state index contributed by atoms with van der Waals surface area (Å²) >= 11 is 6.06. The Morgan fingerprint density at radius 3 is 2.53 bits per heavy atom. The molecule has 1 aliphatic carbocycles. The molecule has 1 saturated carbocycles. The van der Waals surface area contributed by atoms with Gasteiger partial charge in [0.1, 0.15) is 0 Å². The Balaban J connectivity index is 1.99. The van der Waals surface area contributed by atoms with E-state index in [4.69, 9.17) is 11.6 Å². The Morgan fingerprint density at radius 1 is 1.18 bits per heavy atom. The number of halogens is 1. The highest BCUT2D eigenvalue weighted by Crippen LogP contribution is 2.26. The Kier molecular flexibility index (Phi) is 7.67. The van der Waals surface area contributed by atoms with Gasteiger partial charge in [-0.05, 0) is 38.0 Å². The second kappa shape index (κ2) is 8.79. The zero-order chi connectivity index (χ0) is 12.5. The molecule has 0 atom stereocenters. The van der Waals surface area contributed by atoms with Crippen LogP contribution in [0.1, 0.15) is 64.7 Å². The summed E-state index contributed by atoms with van der Waals surface area (Å²) in [5.74, 6) is 0.888. The second-order valence-electron chi connectivity index (χ2n) is 5.23. The van der Waals surface area contributed by atoms with Gasteiger partial charge < -0.3 is 5.32 Å². The fourth-order valence-electron chi connectivity index (χ4n) is 2.38. The molecule has 0 bridgehead atoms. The highest BCUT2D eigenvalue weighted by atomic mass is 35.5. The highest BCUT2D eigenvalue weighted by molar-refractivity contribution is 6.20. The third kappa shape index (κ3) is 6.92. The lowest BCUT2D eigenvalue weighted by Crippen LogP contribution is -2.31. The SMILES string of the molecule is CCCCCCC(=O)NCC1CCC(Cl)CC1. The molecule has 1 rings (SSSR count). The number of unbranched alkanes of at least 4 members (excludes halogenated alkanes) is 3. The lowest BCUT2D eigenvalue weighted by molar-refractivity contribution is -0.121. The Labute approximate surface area is 110 Å². The molecule has 0 saturated heterocycles. The van der Waals surface area contributed by atoms with E-state index in [9.17, 15) is 4.79 Å². The number of alkyl halides is 1. The van der Waals surface area contributed by atoms with Crippen LogP contribution in [0.15, 0.2) is 0 Å². The van der Waals surface area contributed by atoms with Gasteiger partial charge in [-0.25, -0.2) is 0 Å². The first-order valence-electron chi connectivity index (χ1n) is 7.13. The standard InChI is InChI=1S/C14H26ClNO/c1-2-3-4-5-6-14(17)16-11-12-7-9-13(15)10-8-12/h12-13H,2-11H2,1H3,(H,16,17). The maximum atomic E-state index is 11.6. The molecule has 0 heterocycles. The van der Waals surface area contributed by atoms with Gasteiger partial charge in [0.25, 0.3) is 0 Å². The van der Waals surface area contributed by atoms with Crippen LogP contribution in [0.25, 0.3) is 0 Å². The Morgan fingerprint density at radius 2 is 1.88 bits per heavy atom. The lowest BCUT2D eigenvalue weighted by atomic mass is 9.89. The summed E-state index contributed by atoms with van der Waals surface area (Å²) < 4.78 is 0. The molecule has 3 heteroatoms. The van der Waals surface area contributed by atoms with Crippen LogP contribution in [0.5, 0.6) is 0 Å². The molecule has 1 N–H and O–H groups in total. The van der Waals surface area contributed by atoms with Gasteiger partial charge in [0, 0.05) is 18.3 Å². The van der Waals surface area contributed by atoms with Gasteiger partial charge >= 0.3 is 0 Å². The van der Waals surface area contributed by atoms with Crippen LogP contribution >= 0.6 is 11.6 Å². The Hall–Kier alpha value is -0.240. The van der Waals surface area contributed by atoms with E-state index in [2.05, 4.69) is 12.2 Å². The third-order valence-corrected chi connectivity index (χ3v) is 4.06. The number of hydrogen-bond donors (Lipinski definition) is 1. The summed E-state index contributed by atoms with van der Waals surface area (Å²) in [6.45, 7) is 3.05. The van der Waals surface area contributed by atoms with E-state index in [1.54, 1.807) is 0 Å². The zero-order valence-corrected chi connectivity index (χ0v) is 11.8. The average molecular weight is 260 g/mol. The largest absolute Gasteiger partial charge is 0.356 e. The van der Waals surface area contributed by atoms with E-state index in [-0.39, 0.29) is 5.91 Å². The van der Waals surface area contributed by atoms with Crippen LogP contribution in [0, 0.1) is 5.92 Å². The van der Waals surface area contributed by atoms with E-state index in [1.807, 2.05) is 0 Å². The first kappa shape index (κ1) is 14.8. The topological polar surface area (TPSA) is 29.1 Å². The zero-order valence-electron chi connectivity index (χ0n) is 11.0. The summed E-state index contributed by atoms with van der Waals surface area (Å²) in [7, 11) is 0. The number of nitrogens with one attached hydrogen (secondary N) is 1. The highest BCUT2D eigenvalue weighted by Gasteiger charge is 2.19. The Bertz CT molecular complexity index is 212. The predicted octanol–water partition coefficient (Wildman–Crippen LogP) is 3.87. The van der Waals surface area contributed by atoms with Crippen molar-refractivity contribution in [2.24, 2.45) is 5.92 Å². The minimum absolute atomic E-state index is 0.231. The molecule has 0 aromatic carbocycles. The molecule has 100 valence electrons. The van der Waals surface area contributed by atoms with Crippen molar-refractivity contribution in [1.82, 2.24) is 5.32 Å². The van der Waals surface area contributed by atoms with E-state index in [0.717, 1.165) is 25.8 Å². The van der Waals surface area contributed by atoms with Crippen molar-refractivity contribution >= 4 is 17.5 Å². The number of hydrogen-bond acceptors (Lipinski definition) is 1. The van der Waals surface area contributed by atoms with Crippen LogP contribution in [0.4, 0.5) is 0 Å². The summed E-state index contributed by atoms with van der Waals surface area (Å²) in [6, 6.07) is 0. The van der Waals surface area contributed by atoms with Gasteiger partial charge in [-0.2, -0.15) is 0 Å². The van der Waals surface area contributed by atoms with Gasteiger partial charge in [-0.1, -0.05) is 26.2 Å². The van der Waals surface area contributed by atoms with Crippen LogP contribution in [0.2, 0.25) is 0 Å². The number of amides is 1. The van der Waals surface area contributed by atoms with Gasteiger partial charge in [-0.3, -0.25) is 4.79 Å². The van der Waals surface area contributed by atoms with E-state index in [0.29, 0.717) is 17.7 Å². The van der Waals surface area contributed by atoms with Crippen molar-refractivity contribution in [2.75, 3.05) is 6.54 Å². The summed E-state index contributed by atoms with van der Waals surface area (Å²) in [6.07, 6.45) is 9.95. The van der Waals surface area contributed by atoms with Crippen LogP contribution in [0.3, 0.4) is 0 Å². The summed E-state index contributed by atoms with van der Waals surface area (Å²) in [4.78, 5) is 11.6. The molecule has 0 aromatic rings. The quantitative estimate of drug-likeness (QED) is 0.546. The molecule has 1 fully saturated rings. The molecule has 0 aliphatic heterocycles. The lowest BCUT2D eigenvalue weighted by Gasteiger charge is -2.25. The number of carbonyl (C=O) groups excluding carboxylic acids is 1. The second-order valence-corrected chi connectivity index (χ2v) is 5.85. The van der Waals surface area contributed by atoms with Crippen LogP contribution < -0.4 is 5.32 Å². The molecular weight excluding hydrogens is 234 g/mol. The van der Waals surface area contributed by atoms with Crippen LogP contribution in [-0.2, 0) is 4.79 Å². The van der Waals surface area contributed by atoms with Crippen molar-refractivity contribution < 1.29 is 4.79 Å². The normalized spacial score (nSPS) is 24.6. The average Bonchev–Trinajstić information content (AvgIpc) is 2.34. The molecule has 2 nitrogen and oxygen atoms in total. The van der Waals surface area contributed by atoms with Crippen LogP contribution in [-0.4, -0.2) is 17.8 Å². The van der Waals surface area contributed by atoms with Crippen molar-refractivity contribution in [1.29, 1.82) is 0 Å². The molecular formula is C14H26ClNO. The minimum atomic E-state index is 0.231. The number of carbonyl (C=O) groups is 1. The smallest absolute Gasteiger partial charge is 0.220 e. The minimum Gasteiger partial charge on any atom is -0.356 e.